The summed E-state index contributed by atoms with van der Waals surface area (Å²) in [7, 11) is -4.18. The third-order valence-electron chi connectivity index (χ3n) is 4.71. The molecule has 7 nitrogen and oxygen atoms in total. The lowest BCUT2D eigenvalue weighted by Gasteiger charge is -2.17. The number of carbonyl (C=O) groups excluding carboxylic acids is 1. The Morgan fingerprint density at radius 1 is 1.17 bits per heavy atom. The minimum atomic E-state index is -4.59. The minimum absolute atomic E-state index is 0.199. The van der Waals surface area contributed by atoms with Gasteiger partial charge in [-0.2, -0.15) is 13.2 Å². The number of nitrogens with one attached hydrogen (secondary N) is 1. The molecule has 1 fully saturated rings. The molecule has 0 spiro atoms. The maximum Gasteiger partial charge on any atom is 0.416 e. The maximum absolute atomic E-state index is 12.7. The summed E-state index contributed by atoms with van der Waals surface area (Å²) < 4.78 is 63.2. The highest BCUT2D eigenvalue weighted by molar-refractivity contribution is 7.91. The topological polar surface area (TPSA) is 122 Å². The Labute approximate surface area is 164 Å². The van der Waals surface area contributed by atoms with Crippen LogP contribution in [0.2, 0.25) is 0 Å². The number of amides is 1. The zero-order valence-electron chi connectivity index (χ0n) is 15.0. The van der Waals surface area contributed by atoms with E-state index in [9.17, 15) is 31.5 Å². The molecule has 0 bridgehead atoms. The minimum Gasteiger partial charge on any atom is -0.397 e. The Bertz CT molecular complexity index is 1020. The predicted octanol–water partition coefficient (Wildman–Crippen LogP) is 2.16. The molecule has 1 aromatic heterocycles. The van der Waals surface area contributed by atoms with E-state index in [-0.39, 0.29) is 21.2 Å². The van der Waals surface area contributed by atoms with Gasteiger partial charge in [-0.3, -0.25) is 4.79 Å². The van der Waals surface area contributed by atoms with E-state index in [1.165, 1.54) is 0 Å². The number of aromatic nitrogens is 1. The third kappa shape index (κ3) is 4.35. The van der Waals surface area contributed by atoms with Gasteiger partial charge in [0.2, 0.25) is 9.84 Å². The van der Waals surface area contributed by atoms with Crippen molar-refractivity contribution in [3.63, 3.8) is 0 Å². The Morgan fingerprint density at radius 2 is 1.83 bits per heavy atom. The van der Waals surface area contributed by atoms with Crippen LogP contribution in [0, 0.1) is 0 Å². The van der Waals surface area contributed by atoms with Crippen LogP contribution in [0.25, 0.3) is 0 Å². The number of alkyl halides is 3. The standard InChI is InChI=1S/C18H18F3N3O4S/c19-18(20,21)10-4-6-11(7-5-10)29(27,28)12-8-13(22)16(23-9-12)17(26)24-14-2-1-3-15(14)25/h4-9,14-15,25H,1-3,22H2,(H,24,26)/t14-,15-/m0/s1. The summed E-state index contributed by atoms with van der Waals surface area (Å²) in [5, 5.41) is 12.4. The first kappa shape index (κ1) is 21.1. The van der Waals surface area contributed by atoms with E-state index in [0.717, 1.165) is 30.8 Å². The van der Waals surface area contributed by atoms with Crippen molar-refractivity contribution in [3.05, 3.63) is 47.8 Å². The normalized spacial score (nSPS) is 19.9. The van der Waals surface area contributed by atoms with Crippen LogP contribution in [0.5, 0.6) is 0 Å². The van der Waals surface area contributed by atoms with Crippen LogP contribution in [0.1, 0.15) is 35.3 Å². The predicted molar refractivity (Wildman–Crippen MR) is 96.7 cm³/mol. The summed E-state index contributed by atoms with van der Waals surface area (Å²) in [6.45, 7) is 0. The van der Waals surface area contributed by atoms with Crippen LogP contribution in [-0.2, 0) is 16.0 Å². The van der Waals surface area contributed by atoms with Gasteiger partial charge in [0.05, 0.1) is 33.2 Å². The highest BCUT2D eigenvalue weighted by atomic mass is 32.2. The van der Waals surface area contributed by atoms with Crippen LogP contribution >= 0.6 is 0 Å². The Balaban J connectivity index is 1.84. The summed E-state index contributed by atoms with van der Waals surface area (Å²) in [6.07, 6.45) is -2.40. The zero-order valence-corrected chi connectivity index (χ0v) is 15.8. The fourth-order valence-electron chi connectivity index (χ4n) is 3.10. The molecule has 0 radical (unpaired) electrons. The average molecular weight is 429 g/mol. The van der Waals surface area contributed by atoms with Gasteiger partial charge < -0.3 is 16.2 Å². The van der Waals surface area contributed by atoms with Gasteiger partial charge in [0, 0.05) is 6.20 Å². The monoisotopic (exact) mass is 429 g/mol. The van der Waals surface area contributed by atoms with E-state index in [1.54, 1.807) is 0 Å². The Kier molecular flexibility index (Phi) is 5.54. The first-order chi connectivity index (χ1) is 13.5. The van der Waals surface area contributed by atoms with Crippen molar-refractivity contribution < 1.29 is 31.5 Å². The van der Waals surface area contributed by atoms with E-state index in [0.29, 0.717) is 25.0 Å². The number of hydrogen-bond acceptors (Lipinski definition) is 6. The van der Waals surface area contributed by atoms with Crippen molar-refractivity contribution in [2.45, 2.75) is 47.4 Å². The van der Waals surface area contributed by atoms with Crippen LogP contribution in [-0.4, -0.2) is 36.6 Å². The Morgan fingerprint density at radius 3 is 2.34 bits per heavy atom. The SMILES string of the molecule is Nc1cc(S(=O)(=O)c2ccc(C(F)(F)F)cc2)cnc1C(=O)N[C@H]1CCC[C@@H]1O. The van der Waals surface area contributed by atoms with Crippen LogP contribution in [0.15, 0.2) is 46.3 Å². The fourth-order valence-corrected chi connectivity index (χ4v) is 4.34. The second kappa shape index (κ2) is 7.64. The van der Waals surface area contributed by atoms with Crippen LogP contribution < -0.4 is 11.1 Å². The lowest BCUT2D eigenvalue weighted by molar-refractivity contribution is -0.137. The molecule has 0 unspecified atom stereocenters. The molecule has 1 saturated carbocycles. The average Bonchev–Trinajstić information content (AvgIpc) is 3.05. The number of benzene rings is 1. The van der Waals surface area contributed by atoms with Crippen LogP contribution in [0.4, 0.5) is 18.9 Å². The van der Waals surface area contributed by atoms with Crippen molar-refractivity contribution >= 4 is 21.4 Å². The van der Waals surface area contributed by atoms with E-state index in [1.807, 2.05) is 0 Å². The molecular weight excluding hydrogens is 411 g/mol. The molecule has 156 valence electrons. The molecule has 11 heteroatoms. The van der Waals surface area contributed by atoms with E-state index < -0.39 is 39.6 Å². The highest BCUT2D eigenvalue weighted by Gasteiger charge is 2.31. The summed E-state index contributed by atoms with van der Waals surface area (Å²) in [5.74, 6) is -0.646. The first-order valence-electron chi connectivity index (χ1n) is 8.67. The second-order valence-electron chi connectivity index (χ2n) is 6.71. The number of pyridine rings is 1. The molecule has 2 aromatic rings. The largest absolute Gasteiger partial charge is 0.416 e. The summed E-state index contributed by atoms with van der Waals surface area (Å²) in [4.78, 5) is 15.4. The number of nitrogens with zero attached hydrogens (tertiary/aromatic N) is 1. The number of aliphatic hydroxyl groups is 1. The van der Waals surface area contributed by atoms with Gasteiger partial charge in [-0.05, 0) is 49.6 Å². The van der Waals surface area contributed by atoms with Gasteiger partial charge in [0.1, 0.15) is 0 Å². The smallest absolute Gasteiger partial charge is 0.397 e. The van der Waals surface area contributed by atoms with Gasteiger partial charge in [0.15, 0.2) is 5.69 Å². The molecule has 1 heterocycles. The molecule has 1 aromatic carbocycles. The number of carbonyl (C=O) groups is 1. The van der Waals surface area contributed by atoms with Gasteiger partial charge >= 0.3 is 6.18 Å². The lowest BCUT2D eigenvalue weighted by Crippen LogP contribution is -2.40. The number of halogens is 3. The van der Waals surface area contributed by atoms with Gasteiger partial charge in [-0.15, -0.1) is 0 Å². The molecule has 1 amide bonds. The van der Waals surface area contributed by atoms with Gasteiger partial charge in [-0.1, -0.05) is 0 Å². The molecular formula is C18H18F3N3O4S. The molecule has 2 atom stereocenters. The summed E-state index contributed by atoms with van der Waals surface area (Å²) in [6, 6.07) is 3.61. The van der Waals surface area contributed by atoms with Crippen molar-refractivity contribution in [1.82, 2.24) is 10.3 Å². The van der Waals surface area contributed by atoms with Crippen molar-refractivity contribution in [2.24, 2.45) is 0 Å². The molecule has 3 rings (SSSR count). The van der Waals surface area contributed by atoms with Gasteiger partial charge in [-0.25, -0.2) is 13.4 Å². The lowest BCUT2D eigenvalue weighted by atomic mass is 10.2. The molecule has 29 heavy (non-hydrogen) atoms. The highest BCUT2D eigenvalue weighted by Crippen LogP contribution is 2.31. The Hall–Kier alpha value is -2.66. The third-order valence-corrected chi connectivity index (χ3v) is 6.44. The van der Waals surface area contributed by atoms with Crippen molar-refractivity contribution in [2.75, 3.05) is 5.73 Å². The first-order valence-corrected chi connectivity index (χ1v) is 10.2. The van der Waals surface area contributed by atoms with E-state index in [4.69, 9.17) is 5.73 Å². The maximum atomic E-state index is 12.7. The molecule has 4 N–H and O–H groups in total. The number of nitrogens with two attached hydrogens (primary N) is 1. The van der Waals surface area contributed by atoms with Gasteiger partial charge in [0.25, 0.3) is 5.91 Å². The second-order valence-corrected chi connectivity index (χ2v) is 8.66. The quantitative estimate of drug-likeness (QED) is 0.685. The number of anilines is 1. The van der Waals surface area contributed by atoms with Crippen molar-refractivity contribution in [1.29, 1.82) is 0 Å². The molecule has 0 aliphatic heterocycles. The number of sulfone groups is 1. The van der Waals surface area contributed by atoms with Crippen LogP contribution in [0.3, 0.4) is 0 Å². The number of hydrogen-bond donors (Lipinski definition) is 3. The number of nitrogen functional groups attached to an aromatic ring is 1. The summed E-state index contributed by atoms with van der Waals surface area (Å²) in [5.41, 5.74) is 4.41. The summed E-state index contributed by atoms with van der Waals surface area (Å²) >= 11 is 0. The number of rotatable bonds is 4. The van der Waals surface area contributed by atoms with E-state index >= 15 is 0 Å². The zero-order chi connectivity index (χ0) is 21.4. The number of aliphatic hydroxyl groups excluding tert-OH is 1. The molecule has 1 aliphatic carbocycles. The fraction of sp³-hybridized carbons (Fsp3) is 0.333. The van der Waals surface area contributed by atoms with E-state index in [2.05, 4.69) is 10.3 Å². The molecule has 1 aliphatic rings. The molecule has 0 saturated heterocycles. The van der Waals surface area contributed by atoms with Crippen molar-refractivity contribution in [3.8, 4) is 0 Å².